The average Bonchev–Trinajstić information content (AvgIpc) is 2.88. The molecule has 0 radical (unpaired) electrons. The molecular weight excluding hydrogens is 501 g/mol. The quantitative estimate of drug-likeness (QED) is 0.120. The van der Waals surface area contributed by atoms with Crippen LogP contribution in [-0.4, -0.2) is 78.6 Å². The first-order valence-electron chi connectivity index (χ1n) is 11.4. The molecule has 0 unspecified atom stereocenters. The summed E-state index contributed by atoms with van der Waals surface area (Å²) in [6, 6.07) is 5.07. The first kappa shape index (κ1) is 35.7. The van der Waals surface area contributed by atoms with Crippen LogP contribution in [0.25, 0.3) is 0 Å². The molecule has 1 aromatic rings. The van der Waals surface area contributed by atoms with Crippen molar-refractivity contribution < 1.29 is 43.3 Å². The number of rotatable bonds is 14. The smallest absolute Gasteiger partial charge is 0.328 e. The van der Waals surface area contributed by atoms with E-state index in [-0.39, 0.29) is 43.8 Å². The van der Waals surface area contributed by atoms with E-state index in [2.05, 4.69) is 22.5 Å². The van der Waals surface area contributed by atoms with Crippen LogP contribution < -0.4 is 10.6 Å². The SMILES string of the molecule is C#CCN(CC#C)CCCC[C@H](NC(=O)CCCC(=O)Nc1ccccc1F)C(=O)OC.O=CO.O=CO. The van der Waals surface area contributed by atoms with E-state index in [0.29, 0.717) is 32.5 Å². The summed E-state index contributed by atoms with van der Waals surface area (Å²) in [6.07, 6.45) is 12.8. The number of para-hydroxylation sites is 1. The Morgan fingerprint density at radius 3 is 2.11 bits per heavy atom. The van der Waals surface area contributed by atoms with Crippen molar-refractivity contribution in [3.63, 3.8) is 0 Å². The second-order valence-electron chi connectivity index (χ2n) is 7.35. The zero-order valence-electron chi connectivity index (χ0n) is 21.2. The van der Waals surface area contributed by atoms with Gasteiger partial charge in [0.2, 0.25) is 11.8 Å². The van der Waals surface area contributed by atoms with Crippen LogP contribution in [0.5, 0.6) is 0 Å². The molecule has 0 aromatic heterocycles. The number of ether oxygens (including phenoxy) is 1. The Hall–Kier alpha value is -4.42. The highest BCUT2D eigenvalue weighted by molar-refractivity contribution is 5.91. The van der Waals surface area contributed by atoms with Gasteiger partial charge in [0.15, 0.2) is 0 Å². The summed E-state index contributed by atoms with van der Waals surface area (Å²) in [7, 11) is 1.26. The number of carbonyl (C=O) groups is 5. The molecule has 0 spiro atoms. The lowest BCUT2D eigenvalue weighted by atomic mass is 10.1. The summed E-state index contributed by atoms with van der Waals surface area (Å²) >= 11 is 0. The molecule has 38 heavy (non-hydrogen) atoms. The second kappa shape index (κ2) is 24.3. The Labute approximate surface area is 221 Å². The minimum Gasteiger partial charge on any atom is -0.483 e. The van der Waals surface area contributed by atoms with Crippen LogP contribution in [0, 0.1) is 30.5 Å². The number of hydrogen-bond donors (Lipinski definition) is 4. The van der Waals surface area contributed by atoms with Gasteiger partial charge in [0.1, 0.15) is 11.9 Å². The minimum absolute atomic E-state index is 0.0465. The van der Waals surface area contributed by atoms with Gasteiger partial charge in [-0.3, -0.25) is 24.1 Å². The van der Waals surface area contributed by atoms with Crippen LogP contribution in [-0.2, 0) is 28.7 Å². The van der Waals surface area contributed by atoms with Gasteiger partial charge >= 0.3 is 5.97 Å². The maximum absolute atomic E-state index is 13.6. The van der Waals surface area contributed by atoms with E-state index in [4.69, 9.17) is 37.4 Å². The highest BCUT2D eigenvalue weighted by Gasteiger charge is 2.21. The molecule has 4 N–H and O–H groups in total. The average molecular weight is 536 g/mol. The number of anilines is 1. The topological polar surface area (TPSA) is 162 Å². The number of esters is 1. The molecule has 12 heteroatoms. The maximum atomic E-state index is 13.6. The van der Waals surface area contributed by atoms with E-state index in [9.17, 15) is 18.8 Å². The number of carbonyl (C=O) groups excluding carboxylic acids is 3. The second-order valence-corrected chi connectivity index (χ2v) is 7.35. The van der Waals surface area contributed by atoms with Crippen LogP contribution in [0.15, 0.2) is 24.3 Å². The Morgan fingerprint density at radius 2 is 1.58 bits per heavy atom. The number of benzene rings is 1. The number of terminal acetylenes is 2. The predicted molar refractivity (Wildman–Crippen MR) is 138 cm³/mol. The van der Waals surface area contributed by atoms with Crippen molar-refractivity contribution in [2.75, 3.05) is 32.1 Å². The summed E-state index contributed by atoms with van der Waals surface area (Å²) in [4.78, 5) is 54.8. The number of halogens is 1. The van der Waals surface area contributed by atoms with Crippen LogP contribution in [0.1, 0.15) is 38.5 Å². The largest absolute Gasteiger partial charge is 0.483 e. The predicted octanol–water partition coefficient (Wildman–Crippen LogP) is 1.73. The Bertz CT molecular complexity index is 921. The monoisotopic (exact) mass is 535 g/mol. The van der Waals surface area contributed by atoms with E-state index in [1.807, 2.05) is 4.90 Å². The van der Waals surface area contributed by atoms with E-state index < -0.39 is 23.7 Å². The molecule has 1 aromatic carbocycles. The third-order valence-electron chi connectivity index (χ3n) is 4.62. The first-order chi connectivity index (χ1) is 18.2. The maximum Gasteiger partial charge on any atom is 0.328 e. The number of nitrogens with zero attached hydrogens (tertiary/aromatic N) is 1. The summed E-state index contributed by atoms with van der Waals surface area (Å²) in [5, 5.41) is 18.9. The molecule has 1 rings (SSSR count). The van der Waals surface area contributed by atoms with Crippen LogP contribution in [0.3, 0.4) is 0 Å². The van der Waals surface area contributed by atoms with Gasteiger partial charge in [-0.15, -0.1) is 12.8 Å². The number of hydrogen-bond acceptors (Lipinski definition) is 7. The van der Waals surface area contributed by atoms with Crippen LogP contribution in [0.4, 0.5) is 10.1 Å². The van der Waals surface area contributed by atoms with Crippen molar-refractivity contribution in [2.24, 2.45) is 0 Å². The molecular formula is C26H34FN3O8. The van der Waals surface area contributed by atoms with Crippen LogP contribution >= 0.6 is 0 Å². The zero-order chi connectivity index (χ0) is 29.2. The zero-order valence-corrected chi connectivity index (χ0v) is 21.2. The van der Waals surface area contributed by atoms with E-state index in [0.717, 1.165) is 6.42 Å². The number of carboxylic acid groups (broad SMARTS) is 2. The molecule has 0 fully saturated rings. The summed E-state index contributed by atoms with van der Waals surface area (Å²) in [6.45, 7) is 1.09. The van der Waals surface area contributed by atoms with Crippen molar-refractivity contribution in [1.29, 1.82) is 0 Å². The van der Waals surface area contributed by atoms with Crippen molar-refractivity contribution in [1.82, 2.24) is 10.2 Å². The molecule has 2 amide bonds. The normalized spacial score (nSPS) is 10.0. The third kappa shape index (κ3) is 18.9. The van der Waals surface area contributed by atoms with Gasteiger partial charge in [-0.25, -0.2) is 9.18 Å². The molecule has 0 saturated heterocycles. The first-order valence-corrected chi connectivity index (χ1v) is 11.4. The molecule has 1 atom stereocenters. The van der Waals surface area contributed by atoms with Crippen molar-refractivity contribution in [2.45, 2.75) is 44.6 Å². The summed E-state index contributed by atoms with van der Waals surface area (Å²) < 4.78 is 18.3. The lowest BCUT2D eigenvalue weighted by Crippen LogP contribution is -2.41. The van der Waals surface area contributed by atoms with Gasteiger partial charge in [-0.1, -0.05) is 24.0 Å². The fourth-order valence-electron chi connectivity index (χ4n) is 3.00. The van der Waals surface area contributed by atoms with E-state index >= 15 is 0 Å². The van der Waals surface area contributed by atoms with Gasteiger partial charge in [-0.2, -0.15) is 0 Å². The lowest BCUT2D eigenvalue weighted by Gasteiger charge is -2.19. The summed E-state index contributed by atoms with van der Waals surface area (Å²) in [5.41, 5.74) is 0.0933. The minimum atomic E-state index is -0.770. The Kier molecular flexibility index (Phi) is 22.8. The molecule has 0 aliphatic heterocycles. The standard InChI is InChI=1S/C24H30FN3O4.2CH2O2/c1-4-16-28(17-5-2)18-9-8-13-21(24(31)32-3)27-23(30)15-10-14-22(29)26-20-12-7-6-11-19(20)25;2*2-1-3/h1-2,6-7,11-12,21H,8-10,13-18H2,3H3,(H,26,29)(H,27,30);2*1H,(H,2,3)/t21-;;/m0../s1. The number of methoxy groups -OCH3 is 1. The van der Waals surface area contributed by atoms with Crippen molar-refractivity contribution >= 4 is 36.4 Å². The fourth-order valence-corrected chi connectivity index (χ4v) is 3.00. The molecule has 0 saturated carbocycles. The van der Waals surface area contributed by atoms with E-state index in [1.54, 1.807) is 6.07 Å². The molecule has 0 aliphatic rings. The number of amides is 2. The molecule has 11 nitrogen and oxygen atoms in total. The van der Waals surface area contributed by atoms with Gasteiger partial charge in [0.05, 0.1) is 25.9 Å². The third-order valence-corrected chi connectivity index (χ3v) is 4.62. The van der Waals surface area contributed by atoms with Gasteiger partial charge < -0.3 is 25.6 Å². The van der Waals surface area contributed by atoms with Gasteiger partial charge in [-0.05, 0) is 37.8 Å². The van der Waals surface area contributed by atoms with E-state index in [1.165, 1.54) is 25.3 Å². The lowest BCUT2D eigenvalue weighted by molar-refractivity contribution is -0.145. The Balaban J connectivity index is 0. The molecule has 0 bridgehead atoms. The molecule has 0 aliphatic carbocycles. The summed E-state index contributed by atoms with van der Waals surface area (Å²) in [5.74, 6) is 3.30. The Morgan fingerprint density at radius 1 is 1.03 bits per heavy atom. The number of nitrogens with one attached hydrogen (secondary N) is 2. The van der Waals surface area contributed by atoms with Crippen molar-refractivity contribution in [3.05, 3.63) is 30.1 Å². The van der Waals surface area contributed by atoms with Gasteiger partial charge in [0, 0.05) is 19.4 Å². The number of unbranched alkanes of at least 4 members (excludes halogenated alkanes) is 1. The van der Waals surface area contributed by atoms with Crippen LogP contribution in [0.2, 0.25) is 0 Å². The molecule has 208 valence electrons. The highest BCUT2D eigenvalue weighted by atomic mass is 19.1. The van der Waals surface area contributed by atoms with Gasteiger partial charge in [0.25, 0.3) is 12.9 Å². The molecule has 0 heterocycles. The fraction of sp³-hybridized carbons (Fsp3) is 0.423. The highest BCUT2D eigenvalue weighted by Crippen LogP contribution is 2.13. The van der Waals surface area contributed by atoms with Crippen molar-refractivity contribution in [3.8, 4) is 24.7 Å².